The Morgan fingerprint density at radius 2 is 1.66 bits per heavy atom. The zero-order valence-electron chi connectivity index (χ0n) is 16.8. The highest BCUT2D eigenvalue weighted by Gasteiger charge is 2.58. The second kappa shape index (κ2) is 6.60. The Bertz CT molecular complexity index is 845. The van der Waals surface area contributed by atoms with Crippen LogP contribution in [0.5, 0.6) is 0 Å². The van der Waals surface area contributed by atoms with Crippen LogP contribution in [0.2, 0.25) is 0 Å². The normalized spacial score (nSPS) is 25.9. The summed E-state index contributed by atoms with van der Waals surface area (Å²) < 4.78 is 67.5. The molecular weight excluding hydrogens is 413 g/mol. The van der Waals surface area contributed by atoms with Crippen LogP contribution < -0.4 is 9.77 Å². The van der Waals surface area contributed by atoms with Crippen molar-refractivity contribution in [3.05, 3.63) is 23.3 Å². The summed E-state index contributed by atoms with van der Waals surface area (Å²) in [5.74, 6) is -2.08. The second-order valence-electron chi connectivity index (χ2n) is 8.64. The average Bonchev–Trinajstić information content (AvgIpc) is 2.93. The van der Waals surface area contributed by atoms with E-state index in [1.807, 2.05) is 0 Å². The summed E-state index contributed by atoms with van der Waals surface area (Å²) in [5, 5.41) is 10.9. The first-order chi connectivity index (χ1) is 13.1. The van der Waals surface area contributed by atoms with Crippen LogP contribution in [0.4, 0.5) is 22.7 Å². The topological polar surface area (TPSA) is 59.0 Å². The third-order valence-corrected chi connectivity index (χ3v) is 6.49. The maximum atomic E-state index is 14.0. The number of hydrogen-bond acceptors (Lipinski definition) is 5. The molecule has 1 saturated heterocycles. The zero-order chi connectivity index (χ0) is 22.2. The van der Waals surface area contributed by atoms with Crippen molar-refractivity contribution >= 4 is 36.5 Å². The summed E-state index contributed by atoms with van der Waals surface area (Å²) in [6, 6.07) is 2.01. The fraction of sp³-hybridized carbons (Fsp3) is 0.611. The number of amides is 1. The molecule has 1 aromatic carbocycles. The Morgan fingerprint density at radius 3 is 2.07 bits per heavy atom. The number of anilines is 1. The quantitative estimate of drug-likeness (QED) is 0.446. The smallest absolute Gasteiger partial charge is 0.399 e. The molecule has 1 unspecified atom stereocenters. The fourth-order valence-corrected chi connectivity index (χ4v) is 3.94. The Balaban J connectivity index is 2.26. The Morgan fingerprint density at radius 1 is 1.14 bits per heavy atom. The molecule has 1 fully saturated rings. The first kappa shape index (κ1) is 22.4. The van der Waals surface area contributed by atoms with Gasteiger partial charge in [0.1, 0.15) is 0 Å². The molecule has 0 aliphatic carbocycles. The lowest BCUT2D eigenvalue weighted by Crippen LogP contribution is -2.42. The maximum Gasteiger partial charge on any atom is 0.494 e. The van der Waals surface area contributed by atoms with Crippen LogP contribution in [-0.2, 0) is 25.9 Å². The van der Waals surface area contributed by atoms with Crippen molar-refractivity contribution in [2.75, 3.05) is 4.31 Å². The van der Waals surface area contributed by atoms with Gasteiger partial charge >= 0.3 is 13.3 Å². The van der Waals surface area contributed by atoms with E-state index in [2.05, 4.69) is 0 Å². The van der Waals surface area contributed by atoms with Crippen molar-refractivity contribution in [2.45, 2.75) is 64.5 Å². The molecule has 0 spiro atoms. The molecule has 3 rings (SSSR count). The summed E-state index contributed by atoms with van der Waals surface area (Å²) in [4.78, 5) is 12.7. The minimum atomic E-state index is -4.90. The summed E-state index contributed by atoms with van der Waals surface area (Å²) in [6.07, 6.45) is -4.90. The van der Waals surface area contributed by atoms with Gasteiger partial charge in [-0.2, -0.15) is 13.2 Å². The number of carbonyl (C=O) groups is 1. The third kappa shape index (κ3) is 3.17. The monoisotopic (exact) mass is 435 g/mol. The molecule has 1 N–H and O–H groups in total. The highest BCUT2D eigenvalue weighted by Crippen LogP contribution is 2.52. The summed E-state index contributed by atoms with van der Waals surface area (Å²) in [7, 11) is -1.15. The summed E-state index contributed by atoms with van der Waals surface area (Å²) in [5.41, 5.74) is -6.38. The first-order valence-corrected chi connectivity index (χ1v) is 9.72. The van der Waals surface area contributed by atoms with Crippen LogP contribution in [-0.4, -0.2) is 29.3 Å². The molecule has 11 heteroatoms. The number of nitrogens with zero attached hydrogens (tertiary/aromatic N) is 1. The highest BCUT2D eigenvalue weighted by molar-refractivity contribution is 7.96. The lowest BCUT2D eigenvalue weighted by Gasteiger charge is -2.32. The average molecular weight is 435 g/mol. The van der Waals surface area contributed by atoms with E-state index in [1.165, 1.54) is 19.9 Å². The third-order valence-electron chi connectivity index (χ3n) is 5.99. The molecule has 1 aromatic rings. The SMILES string of the molecule is CC(C)C1(O)C(=O)N(SF)c2cc(B3OC(C)(C)C(C)(C)O3)cc(C(F)(F)F)c21. The van der Waals surface area contributed by atoms with Crippen molar-refractivity contribution in [3.8, 4) is 0 Å². The number of aliphatic hydroxyl groups is 1. The molecule has 2 heterocycles. The van der Waals surface area contributed by atoms with Gasteiger partial charge in [-0.3, -0.25) is 4.79 Å². The number of halogens is 4. The van der Waals surface area contributed by atoms with Crippen LogP contribution in [0.25, 0.3) is 0 Å². The summed E-state index contributed by atoms with van der Waals surface area (Å²) >= 11 is -0.552. The standard InChI is InChI=1S/C18H22BF4NO4S/c1-9(2)17(26)13-11(18(20,21)22)7-10(8-12(13)24(29-23)14(17)25)19-27-15(3,4)16(5,6)28-19/h7-9,26H,1-6H3. The lowest BCUT2D eigenvalue weighted by atomic mass is 9.74. The minimum absolute atomic E-state index is 0.0189. The van der Waals surface area contributed by atoms with Gasteiger partial charge in [0.15, 0.2) is 17.9 Å². The van der Waals surface area contributed by atoms with Crippen LogP contribution in [0, 0.1) is 5.92 Å². The molecule has 2 aliphatic heterocycles. The van der Waals surface area contributed by atoms with Crippen LogP contribution in [0.15, 0.2) is 12.1 Å². The molecule has 0 bridgehead atoms. The Kier molecular flexibility index (Phi) is 5.10. The van der Waals surface area contributed by atoms with E-state index in [4.69, 9.17) is 9.31 Å². The van der Waals surface area contributed by atoms with Crippen LogP contribution in [0.1, 0.15) is 52.7 Å². The van der Waals surface area contributed by atoms with Gasteiger partial charge in [-0.1, -0.05) is 13.8 Å². The largest absolute Gasteiger partial charge is 0.494 e. The van der Waals surface area contributed by atoms with Gasteiger partial charge in [-0.15, -0.1) is 3.89 Å². The number of rotatable bonds is 3. The first-order valence-electron chi connectivity index (χ1n) is 9.05. The predicted molar refractivity (Wildman–Crippen MR) is 102 cm³/mol. The van der Waals surface area contributed by atoms with E-state index >= 15 is 0 Å². The van der Waals surface area contributed by atoms with Crippen molar-refractivity contribution < 1.29 is 36.3 Å². The van der Waals surface area contributed by atoms with Crippen molar-refractivity contribution in [1.82, 2.24) is 0 Å². The highest BCUT2D eigenvalue weighted by atomic mass is 32.2. The van der Waals surface area contributed by atoms with Gasteiger partial charge in [0, 0.05) is 5.56 Å². The zero-order valence-corrected chi connectivity index (χ0v) is 17.7. The maximum absolute atomic E-state index is 14.0. The van der Waals surface area contributed by atoms with E-state index in [1.54, 1.807) is 27.7 Å². The molecule has 2 aliphatic rings. The molecule has 0 aromatic heterocycles. The van der Waals surface area contributed by atoms with E-state index in [-0.39, 0.29) is 11.2 Å². The molecule has 29 heavy (non-hydrogen) atoms. The molecular formula is C18H22BF4NO4S. The predicted octanol–water partition coefficient (Wildman–Crippen LogP) is 3.73. The molecule has 1 atom stereocenters. The Labute approximate surface area is 171 Å². The van der Waals surface area contributed by atoms with E-state index in [0.29, 0.717) is 4.31 Å². The van der Waals surface area contributed by atoms with Gasteiger partial charge in [0.05, 0.1) is 22.5 Å². The summed E-state index contributed by atoms with van der Waals surface area (Å²) in [6.45, 7) is 9.78. The molecule has 0 saturated carbocycles. The second-order valence-corrected chi connectivity index (χ2v) is 9.14. The van der Waals surface area contributed by atoms with E-state index in [0.717, 1.165) is 6.07 Å². The number of fused-ring (bicyclic) bond motifs is 1. The van der Waals surface area contributed by atoms with Crippen LogP contribution in [0.3, 0.4) is 0 Å². The fourth-order valence-electron chi connectivity index (χ4n) is 3.52. The number of carbonyl (C=O) groups excluding carboxylic acids is 1. The van der Waals surface area contributed by atoms with E-state index in [9.17, 15) is 27.0 Å². The van der Waals surface area contributed by atoms with Crippen molar-refractivity contribution in [3.63, 3.8) is 0 Å². The number of hydrogen-bond donors (Lipinski definition) is 1. The minimum Gasteiger partial charge on any atom is -0.399 e. The molecule has 0 radical (unpaired) electrons. The van der Waals surface area contributed by atoms with Gasteiger partial charge in [0.2, 0.25) is 0 Å². The van der Waals surface area contributed by atoms with Gasteiger partial charge in [0.25, 0.3) is 5.91 Å². The number of alkyl halides is 3. The molecule has 160 valence electrons. The van der Waals surface area contributed by atoms with E-state index < -0.39 is 65.4 Å². The van der Waals surface area contributed by atoms with Gasteiger partial charge in [-0.25, -0.2) is 4.31 Å². The van der Waals surface area contributed by atoms with Gasteiger partial charge < -0.3 is 14.4 Å². The molecule has 1 amide bonds. The van der Waals surface area contributed by atoms with Crippen molar-refractivity contribution in [1.29, 1.82) is 0 Å². The van der Waals surface area contributed by atoms with Crippen molar-refractivity contribution in [2.24, 2.45) is 5.92 Å². The van der Waals surface area contributed by atoms with Gasteiger partial charge in [-0.05, 0) is 51.2 Å². The Hall–Kier alpha value is -1.30. The van der Waals surface area contributed by atoms with Crippen LogP contribution >= 0.6 is 12.3 Å². The lowest BCUT2D eigenvalue weighted by molar-refractivity contribution is -0.147. The molecule has 5 nitrogen and oxygen atoms in total. The number of benzene rings is 1.